The van der Waals surface area contributed by atoms with Crippen molar-refractivity contribution >= 4 is 26.0 Å². The standard InChI is InChI=1S/C8H8BrF2NO2S/c9-7-3-1-2-6(4-7)5-12-15(13,14)8(10)11/h1-4,8,12H,5H2. The molecule has 0 unspecified atom stereocenters. The van der Waals surface area contributed by atoms with E-state index in [1.165, 1.54) is 0 Å². The van der Waals surface area contributed by atoms with Crippen LogP contribution < -0.4 is 4.72 Å². The normalized spacial score (nSPS) is 12.0. The first-order valence-electron chi connectivity index (χ1n) is 3.93. The highest BCUT2D eigenvalue weighted by atomic mass is 79.9. The first-order chi connectivity index (χ1) is 6.92. The smallest absolute Gasteiger partial charge is 0.206 e. The molecule has 0 radical (unpaired) electrons. The van der Waals surface area contributed by atoms with Crippen LogP contribution in [0.4, 0.5) is 8.78 Å². The van der Waals surface area contributed by atoms with Gasteiger partial charge in [-0.05, 0) is 17.7 Å². The number of alkyl halides is 2. The van der Waals surface area contributed by atoms with Crippen LogP contribution in [-0.4, -0.2) is 14.2 Å². The zero-order valence-electron chi connectivity index (χ0n) is 7.45. The highest BCUT2D eigenvalue weighted by molar-refractivity contribution is 9.10. The van der Waals surface area contributed by atoms with E-state index in [1.807, 2.05) is 0 Å². The summed E-state index contributed by atoms with van der Waals surface area (Å²) in [7, 11) is -4.51. The van der Waals surface area contributed by atoms with Crippen LogP contribution in [0.3, 0.4) is 0 Å². The van der Waals surface area contributed by atoms with Crippen molar-refractivity contribution in [1.29, 1.82) is 0 Å². The van der Waals surface area contributed by atoms with Gasteiger partial charge in [-0.25, -0.2) is 13.1 Å². The number of nitrogens with one attached hydrogen (secondary N) is 1. The Hall–Kier alpha value is -0.530. The molecule has 0 bridgehead atoms. The summed E-state index contributed by atoms with van der Waals surface area (Å²) >= 11 is 3.19. The van der Waals surface area contributed by atoms with Crippen molar-refractivity contribution in [3.63, 3.8) is 0 Å². The number of hydrogen-bond donors (Lipinski definition) is 1. The molecule has 15 heavy (non-hydrogen) atoms. The Morgan fingerprint density at radius 3 is 2.60 bits per heavy atom. The van der Waals surface area contributed by atoms with Crippen LogP contribution in [0.25, 0.3) is 0 Å². The summed E-state index contributed by atoms with van der Waals surface area (Å²) in [5.41, 5.74) is 0.605. The highest BCUT2D eigenvalue weighted by Gasteiger charge is 2.22. The number of rotatable bonds is 4. The molecule has 1 aromatic rings. The van der Waals surface area contributed by atoms with Crippen LogP contribution in [0.1, 0.15) is 5.56 Å². The topological polar surface area (TPSA) is 46.2 Å². The van der Waals surface area contributed by atoms with Gasteiger partial charge in [-0.2, -0.15) is 8.78 Å². The molecule has 0 aliphatic heterocycles. The Morgan fingerprint density at radius 2 is 2.07 bits per heavy atom. The van der Waals surface area contributed by atoms with E-state index in [-0.39, 0.29) is 6.54 Å². The largest absolute Gasteiger partial charge is 0.350 e. The third kappa shape index (κ3) is 3.84. The van der Waals surface area contributed by atoms with Gasteiger partial charge in [0.1, 0.15) is 0 Å². The quantitative estimate of drug-likeness (QED) is 0.925. The number of halogens is 3. The fraction of sp³-hybridized carbons (Fsp3) is 0.250. The van der Waals surface area contributed by atoms with Crippen molar-refractivity contribution < 1.29 is 17.2 Å². The maximum Gasteiger partial charge on any atom is 0.350 e. The van der Waals surface area contributed by atoms with Crippen molar-refractivity contribution in [3.05, 3.63) is 34.3 Å². The molecule has 0 aliphatic rings. The van der Waals surface area contributed by atoms with Crippen molar-refractivity contribution in [2.75, 3.05) is 0 Å². The van der Waals surface area contributed by atoms with Crippen molar-refractivity contribution in [2.45, 2.75) is 12.3 Å². The summed E-state index contributed by atoms with van der Waals surface area (Å²) in [6, 6.07) is 6.73. The fourth-order valence-corrected chi connectivity index (χ4v) is 1.83. The van der Waals surface area contributed by atoms with Crippen molar-refractivity contribution in [3.8, 4) is 0 Å². The molecule has 1 aromatic carbocycles. The van der Waals surface area contributed by atoms with Gasteiger partial charge >= 0.3 is 5.76 Å². The van der Waals surface area contributed by atoms with Gasteiger partial charge in [-0.1, -0.05) is 28.1 Å². The molecule has 7 heteroatoms. The number of hydrogen-bond acceptors (Lipinski definition) is 2. The van der Waals surface area contributed by atoms with Crippen molar-refractivity contribution in [1.82, 2.24) is 4.72 Å². The minimum atomic E-state index is -4.51. The monoisotopic (exact) mass is 299 g/mol. The highest BCUT2D eigenvalue weighted by Crippen LogP contribution is 2.12. The van der Waals surface area contributed by atoms with Crippen LogP contribution in [0.2, 0.25) is 0 Å². The third-order valence-electron chi connectivity index (χ3n) is 1.60. The maximum atomic E-state index is 11.9. The SMILES string of the molecule is O=S(=O)(NCc1cccc(Br)c1)C(F)F. The van der Waals surface area contributed by atoms with E-state index >= 15 is 0 Å². The van der Waals surface area contributed by atoms with E-state index in [1.54, 1.807) is 29.0 Å². The Bertz CT molecular complexity index is 436. The van der Waals surface area contributed by atoms with Crippen LogP contribution in [-0.2, 0) is 16.6 Å². The molecule has 0 aromatic heterocycles. The molecule has 0 aliphatic carbocycles. The van der Waals surface area contributed by atoms with E-state index in [0.29, 0.717) is 5.56 Å². The second-order valence-corrected chi connectivity index (χ2v) is 5.41. The van der Waals surface area contributed by atoms with E-state index in [9.17, 15) is 17.2 Å². The predicted molar refractivity (Wildman–Crippen MR) is 55.9 cm³/mol. The molecule has 1 N–H and O–H groups in total. The maximum absolute atomic E-state index is 11.9. The van der Waals surface area contributed by atoms with Crippen LogP contribution in [0.15, 0.2) is 28.7 Å². The lowest BCUT2D eigenvalue weighted by Crippen LogP contribution is -2.28. The average molecular weight is 300 g/mol. The lowest BCUT2D eigenvalue weighted by molar-refractivity contribution is 0.232. The van der Waals surface area contributed by atoms with Crippen molar-refractivity contribution in [2.24, 2.45) is 0 Å². The number of benzene rings is 1. The minimum absolute atomic E-state index is 0.147. The molecule has 0 amide bonds. The summed E-state index contributed by atoms with van der Waals surface area (Å²) in [5.74, 6) is -3.40. The molecular weight excluding hydrogens is 292 g/mol. The summed E-state index contributed by atoms with van der Waals surface area (Å²) in [4.78, 5) is 0. The molecule has 0 spiro atoms. The second kappa shape index (κ2) is 5.00. The van der Waals surface area contributed by atoms with Crippen LogP contribution in [0.5, 0.6) is 0 Å². The molecule has 1 rings (SSSR count). The zero-order chi connectivity index (χ0) is 11.5. The molecule has 0 fully saturated rings. The molecular formula is C8H8BrF2NO2S. The van der Waals surface area contributed by atoms with E-state index in [0.717, 1.165) is 4.47 Å². The summed E-state index contributed by atoms with van der Waals surface area (Å²) < 4.78 is 47.9. The van der Waals surface area contributed by atoms with Gasteiger partial charge < -0.3 is 0 Å². The lowest BCUT2D eigenvalue weighted by Gasteiger charge is -2.05. The molecule has 0 heterocycles. The Labute approximate surface area is 94.7 Å². The van der Waals surface area contributed by atoms with Crippen LogP contribution in [0, 0.1) is 0 Å². The van der Waals surface area contributed by atoms with E-state index in [4.69, 9.17) is 0 Å². The fourth-order valence-electron chi connectivity index (χ4n) is 0.894. The molecule has 84 valence electrons. The first-order valence-corrected chi connectivity index (χ1v) is 6.27. The first kappa shape index (κ1) is 12.5. The van der Waals surface area contributed by atoms with Gasteiger partial charge in [0.2, 0.25) is 0 Å². The molecule has 0 atom stereocenters. The van der Waals surface area contributed by atoms with Gasteiger partial charge in [0, 0.05) is 11.0 Å². The lowest BCUT2D eigenvalue weighted by atomic mass is 10.2. The summed E-state index contributed by atoms with van der Waals surface area (Å²) in [5, 5.41) is 0. The Kier molecular flexibility index (Phi) is 4.18. The Morgan fingerprint density at radius 1 is 1.40 bits per heavy atom. The van der Waals surface area contributed by atoms with Gasteiger partial charge in [-0.15, -0.1) is 0 Å². The van der Waals surface area contributed by atoms with Gasteiger partial charge in [-0.3, -0.25) is 0 Å². The van der Waals surface area contributed by atoms with Gasteiger partial charge in [0.15, 0.2) is 0 Å². The number of sulfonamides is 1. The predicted octanol–water partition coefficient (Wildman–Crippen LogP) is 2.09. The molecule has 3 nitrogen and oxygen atoms in total. The van der Waals surface area contributed by atoms with Crippen LogP contribution >= 0.6 is 15.9 Å². The Balaban J connectivity index is 2.66. The van der Waals surface area contributed by atoms with Gasteiger partial charge in [0.05, 0.1) is 0 Å². The second-order valence-electron chi connectivity index (χ2n) is 2.76. The average Bonchev–Trinajstić information content (AvgIpc) is 2.15. The molecule has 0 saturated heterocycles. The minimum Gasteiger partial charge on any atom is -0.206 e. The summed E-state index contributed by atoms with van der Waals surface area (Å²) in [6.45, 7) is -0.147. The third-order valence-corrected chi connectivity index (χ3v) is 3.11. The summed E-state index contributed by atoms with van der Waals surface area (Å²) in [6.07, 6.45) is 0. The molecule has 0 saturated carbocycles. The van der Waals surface area contributed by atoms with E-state index < -0.39 is 15.8 Å². The van der Waals surface area contributed by atoms with Gasteiger partial charge in [0.25, 0.3) is 10.0 Å². The zero-order valence-corrected chi connectivity index (χ0v) is 9.85. The van der Waals surface area contributed by atoms with E-state index in [2.05, 4.69) is 15.9 Å².